The molecule has 0 radical (unpaired) electrons. The van der Waals surface area contributed by atoms with Crippen molar-refractivity contribution in [2.75, 3.05) is 0 Å². The highest BCUT2D eigenvalue weighted by atomic mass is 32.1. The molecule has 10 aromatic rings. The van der Waals surface area contributed by atoms with Crippen LogP contribution in [0.3, 0.4) is 0 Å². The van der Waals surface area contributed by atoms with Gasteiger partial charge in [0, 0.05) is 53.9 Å². The minimum absolute atomic E-state index is 1.15. The first-order chi connectivity index (χ1) is 23.3. The molecule has 0 bridgehead atoms. The average Bonchev–Trinajstić information content (AvgIpc) is 3.84. The van der Waals surface area contributed by atoms with Gasteiger partial charge in [0.1, 0.15) is 0 Å². The van der Waals surface area contributed by atoms with Crippen LogP contribution < -0.4 is 0 Å². The Morgan fingerprint density at radius 1 is 0.362 bits per heavy atom. The van der Waals surface area contributed by atoms with E-state index in [9.17, 15) is 0 Å². The van der Waals surface area contributed by atoms with E-state index in [4.69, 9.17) is 0 Å². The molecule has 0 spiro atoms. The van der Waals surface area contributed by atoms with Crippen molar-refractivity contribution in [3.05, 3.63) is 170 Å². The van der Waals surface area contributed by atoms with Crippen LogP contribution in [0.25, 0.3) is 86.5 Å². The molecule has 0 N–H and O–H groups in total. The minimum atomic E-state index is 1.15. The highest BCUT2D eigenvalue weighted by molar-refractivity contribution is 7.26. The first-order valence-electron chi connectivity index (χ1n) is 16.0. The lowest BCUT2D eigenvalue weighted by atomic mass is 10.00. The van der Waals surface area contributed by atoms with Crippen LogP contribution in [0.15, 0.2) is 170 Å². The maximum atomic E-state index is 2.41. The predicted octanol–water partition coefficient (Wildman–Crippen LogP) is 12.4. The second-order valence-electron chi connectivity index (χ2n) is 12.1. The van der Waals surface area contributed by atoms with Crippen LogP contribution in [0.4, 0.5) is 0 Å². The number of hydrogen-bond acceptors (Lipinski definition) is 1. The summed E-state index contributed by atoms with van der Waals surface area (Å²) in [5, 5.41) is 6.44. The van der Waals surface area contributed by atoms with Gasteiger partial charge in [0.05, 0.1) is 16.6 Å². The molecule has 3 heterocycles. The van der Waals surface area contributed by atoms with Crippen LogP contribution in [0.2, 0.25) is 0 Å². The lowest BCUT2D eigenvalue weighted by Crippen LogP contribution is -1.94. The molecule has 3 heteroatoms. The maximum Gasteiger partial charge on any atom is 0.0635 e. The van der Waals surface area contributed by atoms with Crippen LogP contribution >= 0.6 is 11.3 Å². The Balaban J connectivity index is 1.10. The van der Waals surface area contributed by atoms with Gasteiger partial charge in [-0.15, -0.1) is 11.3 Å². The van der Waals surface area contributed by atoms with Crippen molar-refractivity contribution in [2.45, 2.75) is 0 Å². The van der Waals surface area contributed by atoms with Gasteiger partial charge in [-0.25, -0.2) is 0 Å². The third-order valence-electron chi connectivity index (χ3n) is 9.58. The smallest absolute Gasteiger partial charge is 0.0635 e. The van der Waals surface area contributed by atoms with Crippen LogP contribution in [0, 0.1) is 0 Å². The normalized spacial score (nSPS) is 11.8. The molecule has 47 heavy (non-hydrogen) atoms. The Bertz CT molecular complexity index is 2760. The van der Waals surface area contributed by atoms with Gasteiger partial charge < -0.3 is 9.13 Å². The van der Waals surface area contributed by atoms with Gasteiger partial charge in [0.2, 0.25) is 0 Å². The van der Waals surface area contributed by atoms with Gasteiger partial charge in [-0.2, -0.15) is 0 Å². The second kappa shape index (κ2) is 10.3. The zero-order chi connectivity index (χ0) is 30.9. The van der Waals surface area contributed by atoms with E-state index < -0.39 is 0 Å². The van der Waals surface area contributed by atoms with E-state index in [0.717, 1.165) is 5.69 Å². The van der Waals surface area contributed by atoms with Crippen LogP contribution in [-0.4, -0.2) is 9.13 Å². The van der Waals surface area contributed by atoms with Crippen molar-refractivity contribution >= 4 is 64.2 Å². The van der Waals surface area contributed by atoms with Gasteiger partial charge in [0.15, 0.2) is 0 Å². The van der Waals surface area contributed by atoms with Crippen LogP contribution in [0.5, 0.6) is 0 Å². The second-order valence-corrected chi connectivity index (χ2v) is 13.2. The van der Waals surface area contributed by atoms with Gasteiger partial charge in [-0.3, -0.25) is 0 Å². The molecular formula is C44H28N2S. The summed E-state index contributed by atoms with van der Waals surface area (Å²) in [5.41, 5.74) is 11.1. The summed E-state index contributed by atoms with van der Waals surface area (Å²) in [5.74, 6) is 0. The van der Waals surface area contributed by atoms with E-state index in [2.05, 4.69) is 179 Å². The summed E-state index contributed by atoms with van der Waals surface area (Å²) in [6.45, 7) is 0. The lowest BCUT2D eigenvalue weighted by Gasteiger charge is -2.10. The number of benzene rings is 7. The highest BCUT2D eigenvalue weighted by Crippen LogP contribution is 2.44. The van der Waals surface area contributed by atoms with Crippen molar-refractivity contribution in [1.82, 2.24) is 9.13 Å². The summed E-state index contributed by atoms with van der Waals surface area (Å²) >= 11 is 1.90. The van der Waals surface area contributed by atoms with Crippen molar-refractivity contribution in [3.63, 3.8) is 0 Å². The Hall–Kier alpha value is -5.90. The Kier molecular flexibility index (Phi) is 5.78. The largest absolute Gasteiger partial charge is 0.316 e. The molecule has 0 aliphatic rings. The number of rotatable bonds is 4. The number of fused-ring (bicyclic) bond motifs is 8. The monoisotopic (exact) mass is 616 g/mol. The predicted molar refractivity (Wildman–Crippen MR) is 201 cm³/mol. The molecule has 0 aliphatic carbocycles. The van der Waals surface area contributed by atoms with E-state index in [1.54, 1.807) is 0 Å². The van der Waals surface area contributed by atoms with E-state index in [0.29, 0.717) is 0 Å². The Morgan fingerprint density at radius 3 is 1.70 bits per heavy atom. The third kappa shape index (κ3) is 3.97. The highest BCUT2D eigenvalue weighted by Gasteiger charge is 2.17. The molecule has 220 valence electrons. The molecule has 0 aliphatic heterocycles. The molecule has 10 rings (SSSR count). The van der Waals surface area contributed by atoms with Gasteiger partial charge in [0.25, 0.3) is 0 Å². The van der Waals surface area contributed by atoms with Crippen LogP contribution in [0.1, 0.15) is 0 Å². The maximum absolute atomic E-state index is 2.41. The fourth-order valence-corrected chi connectivity index (χ4v) is 8.81. The summed E-state index contributed by atoms with van der Waals surface area (Å²) < 4.78 is 7.41. The molecule has 0 fully saturated rings. The fourth-order valence-electron chi connectivity index (χ4n) is 7.44. The lowest BCUT2D eigenvalue weighted by molar-refractivity contribution is 1.13. The van der Waals surface area contributed by atoms with Gasteiger partial charge in [-0.1, -0.05) is 121 Å². The first-order valence-corrected chi connectivity index (χ1v) is 16.8. The molecule has 3 aromatic heterocycles. The van der Waals surface area contributed by atoms with Crippen molar-refractivity contribution in [3.8, 4) is 33.6 Å². The van der Waals surface area contributed by atoms with Crippen LogP contribution in [-0.2, 0) is 0 Å². The summed E-state index contributed by atoms with van der Waals surface area (Å²) in [6, 6.07) is 59.5. The topological polar surface area (TPSA) is 9.86 Å². The molecule has 0 saturated carbocycles. The first kappa shape index (κ1) is 26.3. The van der Waals surface area contributed by atoms with E-state index in [-0.39, 0.29) is 0 Å². The van der Waals surface area contributed by atoms with Crippen molar-refractivity contribution < 1.29 is 0 Å². The van der Waals surface area contributed by atoms with Gasteiger partial charge in [-0.05, 0) is 64.7 Å². The number of nitrogens with zero attached hydrogens (tertiary/aromatic N) is 2. The number of para-hydroxylation sites is 2. The standard InChI is InChI=1S/C44H28N2S/c1-3-11-29(12-4-1)33-16-9-18-37-38-19-10-17-34(44(38)47-43(33)37)30-21-23-31(24-22-30)45-28-27-39-40(45)26-25-36-35-15-7-8-20-41(35)46(42(36)39)32-13-5-2-6-14-32/h1-28H. The molecule has 0 atom stereocenters. The summed E-state index contributed by atoms with van der Waals surface area (Å²) in [6.07, 6.45) is 2.21. The SMILES string of the molecule is c1ccc(-c2cccc3c2sc2c(-c4ccc(-n5ccc6c5ccc5c7ccccc7n(-c7ccccc7)c56)cc4)cccc23)cc1. The zero-order valence-electron chi connectivity index (χ0n) is 25.5. The third-order valence-corrected chi connectivity index (χ3v) is 10.9. The minimum Gasteiger partial charge on any atom is -0.316 e. The quantitative estimate of drug-likeness (QED) is 0.186. The summed E-state index contributed by atoms with van der Waals surface area (Å²) in [7, 11) is 0. The van der Waals surface area contributed by atoms with Gasteiger partial charge >= 0.3 is 0 Å². The fraction of sp³-hybridized carbons (Fsp3) is 0. The molecule has 0 unspecified atom stereocenters. The molecular weight excluding hydrogens is 589 g/mol. The van der Waals surface area contributed by atoms with E-state index in [1.807, 2.05) is 11.3 Å². The molecule has 0 saturated heterocycles. The molecule has 0 amide bonds. The number of aromatic nitrogens is 2. The Labute approximate surface area is 276 Å². The summed E-state index contributed by atoms with van der Waals surface area (Å²) in [4.78, 5) is 0. The molecule has 7 aromatic carbocycles. The number of thiophene rings is 1. The molecule has 2 nitrogen and oxygen atoms in total. The van der Waals surface area contributed by atoms with E-state index >= 15 is 0 Å². The average molecular weight is 617 g/mol. The van der Waals surface area contributed by atoms with E-state index in [1.165, 1.54) is 80.8 Å². The zero-order valence-corrected chi connectivity index (χ0v) is 26.3. The van der Waals surface area contributed by atoms with Crippen molar-refractivity contribution in [2.24, 2.45) is 0 Å². The Morgan fingerprint density at radius 2 is 0.979 bits per heavy atom. The number of hydrogen-bond donors (Lipinski definition) is 0. The van der Waals surface area contributed by atoms with Crippen molar-refractivity contribution in [1.29, 1.82) is 0 Å².